The lowest BCUT2D eigenvalue weighted by Gasteiger charge is -2.40. The number of piperidine rings is 1. The smallest absolute Gasteiger partial charge is 0.266 e. The molecular formula is C39H49Cl2N5O8S. The number of fused-ring (bicyclic) bond motifs is 1. The van der Waals surface area contributed by atoms with Gasteiger partial charge < -0.3 is 38.6 Å². The summed E-state index contributed by atoms with van der Waals surface area (Å²) in [4.78, 5) is 23.1. The van der Waals surface area contributed by atoms with Gasteiger partial charge >= 0.3 is 0 Å². The molecule has 4 aromatic rings. The minimum Gasteiger partial charge on any atom is -0.493 e. The highest BCUT2D eigenvalue weighted by atomic mass is 35.5. The van der Waals surface area contributed by atoms with E-state index in [9.17, 15) is 13.2 Å². The van der Waals surface area contributed by atoms with Gasteiger partial charge in [0.05, 0.1) is 55.3 Å². The zero-order valence-corrected chi connectivity index (χ0v) is 34.2. The van der Waals surface area contributed by atoms with Crippen molar-refractivity contribution < 1.29 is 36.3 Å². The highest BCUT2D eigenvalue weighted by Crippen LogP contribution is 2.47. The standard InChI is InChI=1S/C39H49Cl2N5O8S/c1-6-53-22-21-45-32-10-8-7-9-31(32)43-38(45)42-28-13-17-44(18-14-28)19-15-39(27-11-12-29(40)30(41)25-27)16-20-46(37(39)54-55(5,48)49)36(47)26-23-33(50-2)35(52-4)34(24-26)51-3/h7-12,23-25,28,37H,6,13-22H2,1-5H3,(H,42,43). The monoisotopic (exact) mass is 817 g/mol. The van der Waals surface area contributed by atoms with Gasteiger partial charge in [-0.2, -0.15) is 8.42 Å². The van der Waals surface area contributed by atoms with Crippen LogP contribution in [0.4, 0.5) is 5.95 Å². The highest BCUT2D eigenvalue weighted by Gasteiger charge is 2.53. The Morgan fingerprint density at radius 2 is 1.65 bits per heavy atom. The lowest BCUT2D eigenvalue weighted by atomic mass is 9.75. The van der Waals surface area contributed by atoms with Crippen LogP contribution in [0, 0.1) is 0 Å². The zero-order valence-electron chi connectivity index (χ0n) is 31.8. The SMILES string of the molecule is CCOCCn1c(NC2CCN(CCC3(c4ccc(Cl)c(Cl)c4)CCN(C(=O)c4cc(OC)c(OC)c(OC)c4)C3OS(C)(=O)=O)CC2)nc2ccccc21. The number of hydrogen-bond donors (Lipinski definition) is 1. The van der Waals surface area contributed by atoms with Gasteiger partial charge in [0.2, 0.25) is 11.7 Å². The van der Waals surface area contributed by atoms with Gasteiger partial charge in [-0.15, -0.1) is 0 Å². The quantitative estimate of drug-likeness (QED) is 0.0987. The molecule has 0 bridgehead atoms. The molecule has 2 fully saturated rings. The van der Waals surface area contributed by atoms with E-state index in [4.69, 9.17) is 51.3 Å². The maximum absolute atomic E-state index is 14.4. The summed E-state index contributed by atoms with van der Waals surface area (Å²) in [6.45, 7) is 6.39. The number of carbonyl (C=O) groups is 1. The Kier molecular flexibility index (Phi) is 13.0. The van der Waals surface area contributed by atoms with Crippen LogP contribution in [0.1, 0.15) is 48.5 Å². The van der Waals surface area contributed by atoms with Crippen LogP contribution in [0.25, 0.3) is 11.0 Å². The summed E-state index contributed by atoms with van der Waals surface area (Å²) in [5, 5.41) is 4.39. The van der Waals surface area contributed by atoms with E-state index in [-0.39, 0.29) is 18.2 Å². The first-order chi connectivity index (χ1) is 26.4. The number of aromatic nitrogens is 2. The van der Waals surface area contributed by atoms with Crippen LogP contribution in [0.15, 0.2) is 54.6 Å². The highest BCUT2D eigenvalue weighted by molar-refractivity contribution is 7.86. The third-order valence-electron chi connectivity index (χ3n) is 10.6. The molecule has 1 amide bonds. The van der Waals surface area contributed by atoms with Gasteiger partial charge in [-0.25, -0.2) is 9.17 Å². The van der Waals surface area contributed by atoms with Gasteiger partial charge in [-0.1, -0.05) is 41.4 Å². The van der Waals surface area contributed by atoms with Crippen molar-refractivity contribution in [3.05, 3.63) is 75.8 Å². The summed E-state index contributed by atoms with van der Waals surface area (Å²) in [6.07, 6.45) is 2.46. The van der Waals surface area contributed by atoms with E-state index in [0.29, 0.717) is 66.4 Å². The lowest BCUT2D eigenvalue weighted by Crippen LogP contribution is -2.50. The molecule has 3 aromatic carbocycles. The summed E-state index contributed by atoms with van der Waals surface area (Å²) >= 11 is 13.0. The van der Waals surface area contributed by atoms with Gasteiger partial charge in [0, 0.05) is 49.8 Å². The number of para-hydroxylation sites is 2. The molecule has 1 N–H and O–H groups in total. The molecule has 0 radical (unpaired) electrons. The predicted octanol–water partition coefficient (Wildman–Crippen LogP) is 6.46. The molecule has 2 saturated heterocycles. The van der Waals surface area contributed by atoms with E-state index in [0.717, 1.165) is 54.7 Å². The second kappa shape index (κ2) is 17.6. The summed E-state index contributed by atoms with van der Waals surface area (Å²) in [5.41, 5.74) is 2.01. The fourth-order valence-corrected chi connectivity index (χ4v) is 8.70. The number of carbonyl (C=O) groups excluding carboxylic acids is 1. The van der Waals surface area contributed by atoms with Crippen molar-refractivity contribution in [2.75, 3.05) is 72.3 Å². The molecule has 55 heavy (non-hydrogen) atoms. The topological polar surface area (TPSA) is 134 Å². The maximum atomic E-state index is 14.4. The van der Waals surface area contributed by atoms with Crippen LogP contribution >= 0.6 is 23.2 Å². The molecule has 298 valence electrons. The first-order valence-corrected chi connectivity index (χ1v) is 20.9. The number of hydrogen-bond acceptors (Lipinski definition) is 11. The van der Waals surface area contributed by atoms with Crippen molar-refractivity contribution in [2.45, 2.75) is 56.8 Å². The van der Waals surface area contributed by atoms with Crippen LogP contribution in [0.2, 0.25) is 10.0 Å². The minimum atomic E-state index is -4.05. The first kappa shape index (κ1) is 40.9. The van der Waals surface area contributed by atoms with Crippen LogP contribution < -0.4 is 19.5 Å². The number of likely N-dealkylation sites (tertiary alicyclic amines) is 2. The fraction of sp³-hybridized carbons (Fsp3) is 0.487. The fourth-order valence-electron chi connectivity index (χ4n) is 7.79. The largest absolute Gasteiger partial charge is 0.493 e. The van der Waals surface area contributed by atoms with Gasteiger partial charge in [0.25, 0.3) is 16.0 Å². The molecule has 1 aromatic heterocycles. The molecule has 6 rings (SSSR count). The van der Waals surface area contributed by atoms with Crippen LogP contribution in [0.3, 0.4) is 0 Å². The maximum Gasteiger partial charge on any atom is 0.266 e. The van der Waals surface area contributed by atoms with Crippen molar-refractivity contribution in [3.63, 3.8) is 0 Å². The van der Waals surface area contributed by atoms with Crippen molar-refractivity contribution in [2.24, 2.45) is 0 Å². The first-order valence-electron chi connectivity index (χ1n) is 18.4. The van der Waals surface area contributed by atoms with Gasteiger partial charge in [-0.05, 0) is 81.1 Å². The molecule has 2 aliphatic heterocycles. The number of nitrogens with zero attached hydrogens (tertiary/aromatic N) is 4. The van der Waals surface area contributed by atoms with Crippen LogP contribution in [-0.4, -0.2) is 113 Å². The number of nitrogens with one attached hydrogen (secondary N) is 1. The average Bonchev–Trinajstić information content (AvgIpc) is 3.71. The molecule has 0 spiro atoms. The van der Waals surface area contributed by atoms with Crippen molar-refractivity contribution in [1.82, 2.24) is 19.4 Å². The molecule has 0 saturated carbocycles. The second-order valence-electron chi connectivity index (χ2n) is 13.9. The molecule has 3 heterocycles. The Labute approximate surface area is 332 Å². The van der Waals surface area contributed by atoms with E-state index in [2.05, 4.69) is 20.9 Å². The molecule has 2 aliphatic rings. The number of anilines is 1. The Bertz CT molecular complexity index is 2070. The Balaban J connectivity index is 1.24. The molecule has 0 aliphatic carbocycles. The molecule has 2 unspecified atom stereocenters. The molecule has 13 nitrogen and oxygen atoms in total. The number of benzene rings is 3. The molecule has 16 heteroatoms. The Hall–Kier alpha value is -3.79. The summed E-state index contributed by atoms with van der Waals surface area (Å²) in [5.74, 6) is 1.30. The molecule has 2 atom stereocenters. The van der Waals surface area contributed by atoms with Crippen LogP contribution in [-0.2, 0) is 31.0 Å². The Morgan fingerprint density at radius 3 is 2.29 bits per heavy atom. The number of ether oxygens (including phenoxy) is 4. The number of halogens is 2. The van der Waals surface area contributed by atoms with Crippen molar-refractivity contribution in [3.8, 4) is 17.2 Å². The normalized spacial score (nSPS) is 19.5. The second-order valence-corrected chi connectivity index (χ2v) is 16.3. The van der Waals surface area contributed by atoms with Gasteiger partial charge in [0.1, 0.15) is 0 Å². The summed E-state index contributed by atoms with van der Waals surface area (Å²) in [6, 6.07) is 16.7. The van der Waals surface area contributed by atoms with E-state index in [1.165, 1.54) is 26.2 Å². The van der Waals surface area contributed by atoms with E-state index in [1.54, 1.807) is 24.3 Å². The van der Waals surface area contributed by atoms with E-state index < -0.39 is 27.7 Å². The average molecular weight is 819 g/mol. The minimum absolute atomic E-state index is 0.210. The lowest BCUT2D eigenvalue weighted by molar-refractivity contribution is 0.0138. The Morgan fingerprint density at radius 1 is 0.945 bits per heavy atom. The predicted molar refractivity (Wildman–Crippen MR) is 214 cm³/mol. The van der Waals surface area contributed by atoms with Crippen molar-refractivity contribution >= 4 is 56.2 Å². The number of imidazole rings is 1. The number of rotatable bonds is 16. The van der Waals surface area contributed by atoms with Crippen LogP contribution in [0.5, 0.6) is 17.2 Å². The van der Waals surface area contributed by atoms with E-state index >= 15 is 0 Å². The summed E-state index contributed by atoms with van der Waals surface area (Å²) in [7, 11) is 0.355. The number of amides is 1. The van der Waals surface area contributed by atoms with Gasteiger partial charge in [0.15, 0.2) is 17.7 Å². The molecular weight excluding hydrogens is 769 g/mol. The zero-order chi connectivity index (χ0) is 39.3. The number of methoxy groups -OCH3 is 3. The van der Waals surface area contributed by atoms with E-state index in [1.807, 2.05) is 31.2 Å². The van der Waals surface area contributed by atoms with Crippen molar-refractivity contribution in [1.29, 1.82) is 0 Å². The summed E-state index contributed by atoms with van der Waals surface area (Å²) < 4.78 is 56.2. The third-order valence-corrected chi connectivity index (χ3v) is 11.9. The third kappa shape index (κ3) is 8.95. The van der Waals surface area contributed by atoms with Gasteiger partial charge in [-0.3, -0.25) is 4.79 Å².